The maximum Gasteiger partial charge on any atom is 0.227 e. The van der Waals surface area contributed by atoms with E-state index in [9.17, 15) is 4.79 Å². The first-order chi connectivity index (χ1) is 9.19. The maximum absolute atomic E-state index is 11.8. The average Bonchev–Trinajstić information content (AvgIpc) is 2.38. The lowest BCUT2D eigenvalue weighted by Crippen LogP contribution is -2.39. The fraction of sp³-hybridized carbons (Fsp3) is 0.643. The highest BCUT2D eigenvalue weighted by Crippen LogP contribution is 2.23. The van der Waals surface area contributed by atoms with Crippen LogP contribution in [0.4, 0.5) is 11.6 Å². The Balaban J connectivity index is 2.95. The van der Waals surface area contributed by atoms with Crippen molar-refractivity contribution in [2.75, 3.05) is 24.6 Å². The molecule has 0 fully saturated rings. The van der Waals surface area contributed by atoms with Gasteiger partial charge < -0.3 is 16.4 Å². The van der Waals surface area contributed by atoms with Crippen molar-refractivity contribution in [3.05, 3.63) is 11.4 Å². The molecular formula is C14H25N5O. The van der Waals surface area contributed by atoms with Gasteiger partial charge in [-0.15, -0.1) is 0 Å². The molecule has 0 bridgehead atoms. The van der Waals surface area contributed by atoms with E-state index in [0.29, 0.717) is 24.0 Å². The van der Waals surface area contributed by atoms with E-state index in [2.05, 4.69) is 20.6 Å². The van der Waals surface area contributed by atoms with E-state index >= 15 is 0 Å². The van der Waals surface area contributed by atoms with Crippen LogP contribution in [0.3, 0.4) is 0 Å². The highest BCUT2D eigenvalue weighted by atomic mass is 16.2. The number of hydrogen-bond donors (Lipinski definition) is 3. The zero-order valence-electron chi connectivity index (χ0n) is 13.2. The number of hydrogen-bond acceptors (Lipinski definition) is 5. The second-order valence-corrected chi connectivity index (χ2v) is 5.91. The first-order valence-electron chi connectivity index (χ1n) is 6.79. The molecule has 0 aromatic carbocycles. The minimum Gasteiger partial charge on any atom is -0.383 e. The molecule has 0 saturated carbocycles. The van der Waals surface area contributed by atoms with Crippen molar-refractivity contribution in [2.24, 2.45) is 5.41 Å². The molecule has 0 saturated heterocycles. The van der Waals surface area contributed by atoms with Gasteiger partial charge in [0.15, 0.2) is 0 Å². The standard InChI is InChI=1S/C14H25N5O/c1-8(2)11-18-10(15)9(3)12(19-11)17-7-14(4,5)13(20)16-6/h8H,7H2,1-6H3,(H,16,20)(H3,15,17,18,19). The molecule has 0 spiro atoms. The number of nitrogens with one attached hydrogen (secondary N) is 2. The summed E-state index contributed by atoms with van der Waals surface area (Å²) in [6, 6.07) is 0. The summed E-state index contributed by atoms with van der Waals surface area (Å²) in [5.74, 6) is 2.05. The number of carbonyl (C=O) groups excluding carboxylic acids is 1. The van der Waals surface area contributed by atoms with Gasteiger partial charge in [-0.25, -0.2) is 9.97 Å². The third kappa shape index (κ3) is 3.59. The maximum atomic E-state index is 11.8. The SMILES string of the molecule is CNC(=O)C(C)(C)CNc1nc(C(C)C)nc(N)c1C. The Morgan fingerprint density at radius 1 is 1.35 bits per heavy atom. The smallest absolute Gasteiger partial charge is 0.227 e. The molecule has 0 radical (unpaired) electrons. The van der Waals surface area contributed by atoms with Gasteiger partial charge in [0, 0.05) is 25.1 Å². The molecule has 20 heavy (non-hydrogen) atoms. The number of rotatable bonds is 5. The topological polar surface area (TPSA) is 92.9 Å². The van der Waals surface area contributed by atoms with E-state index in [1.54, 1.807) is 7.05 Å². The van der Waals surface area contributed by atoms with Gasteiger partial charge in [0.1, 0.15) is 17.5 Å². The van der Waals surface area contributed by atoms with E-state index in [0.717, 1.165) is 5.56 Å². The van der Waals surface area contributed by atoms with E-state index in [1.165, 1.54) is 0 Å². The Kier molecular flexibility index (Phi) is 4.92. The van der Waals surface area contributed by atoms with Crippen LogP contribution in [0, 0.1) is 12.3 Å². The number of nitrogens with two attached hydrogens (primary N) is 1. The summed E-state index contributed by atoms with van der Waals surface area (Å²) in [7, 11) is 1.63. The summed E-state index contributed by atoms with van der Waals surface area (Å²) in [6.07, 6.45) is 0. The quantitative estimate of drug-likeness (QED) is 0.762. The van der Waals surface area contributed by atoms with Gasteiger partial charge in [-0.1, -0.05) is 13.8 Å². The Morgan fingerprint density at radius 3 is 2.45 bits per heavy atom. The molecule has 1 heterocycles. The molecule has 0 aliphatic heterocycles. The lowest BCUT2D eigenvalue weighted by molar-refractivity contribution is -0.128. The van der Waals surface area contributed by atoms with Crippen LogP contribution in [0.15, 0.2) is 0 Å². The van der Waals surface area contributed by atoms with Crippen molar-refractivity contribution in [1.29, 1.82) is 0 Å². The lowest BCUT2D eigenvalue weighted by Gasteiger charge is -2.24. The second kappa shape index (κ2) is 6.07. The van der Waals surface area contributed by atoms with Gasteiger partial charge in [0.05, 0.1) is 5.41 Å². The molecule has 1 aromatic rings. The highest BCUT2D eigenvalue weighted by molar-refractivity contribution is 5.82. The molecule has 1 amide bonds. The molecule has 6 heteroatoms. The fourth-order valence-electron chi connectivity index (χ4n) is 1.71. The number of aromatic nitrogens is 2. The van der Waals surface area contributed by atoms with Crippen LogP contribution in [0.5, 0.6) is 0 Å². The van der Waals surface area contributed by atoms with E-state index in [4.69, 9.17) is 5.73 Å². The van der Waals surface area contributed by atoms with Crippen molar-refractivity contribution in [3.8, 4) is 0 Å². The van der Waals surface area contributed by atoms with Crippen LogP contribution in [-0.4, -0.2) is 29.5 Å². The van der Waals surface area contributed by atoms with Gasteiger partial charge in [-0.3, -0.25) is 4.79 Å². The first-order valence-corrected chi connectivity index (χ1v) is 6.79. The Bertz CT molecular complexity index is 497. The molecule has 4 N–H and O–H groups in total. The average molecular weight is 279 g/mol. The van der Waals surface area contributed by atoms with Crippen molar-refractivity contribution >= 4 is 17.5 Å². The molecular weight excluding hydrogens is 254 g/mol. The minimum absolute atomic E-state index is 0.0197. The summed E-state index contributed by atoms with van der Waals surface area (Å²) in [4.78, 5) is 20.5. The van der Waals surface area contributed by atoms with E-state index in [1.807, 2.05) is 34.6 Å². The highest BCUT2D eigenvalue weighted by Gasteiger charge is 2.26. The van der Waals surface area contributed by atoms with Crippen LogP contribution in [0.25, 0.3) is 0 Å². The van der Waals surface area contributed by atoms with Crippen LogP contribution in [-0.2, 0) is 4.79 Å². The number of nitrogen functional groups attached to an aromatic ring is 1. The Morgan fingerprint density at radius 2 is 1.95 bits per heavy atom. The lowest BCUT2D eigenvalue weighted by atomic mass is 9.92. The summed E-state index contributed by atoms with van der Waals surface area (Å²) in [5.41, 5.74) is 6.19. The van der Waals surface area contributed by atoms with Crippen LogP contribution < -0.4 is 16.4 Å². The number of amides is 1. The summed E-state index contributed by atoms with van der Waals surface area (Å²) in [5, 5.41) is 5.87. The Labute approximate surface area is 120 Å². The third-order valence-electron chi connectivity index (χ3n) is 3.26. The van der Waals surface area contributed by atoms with Crippen molar-refractivity contribution in [2.45, 2.75) is 40.5 Å². The molecule has 1 rings (SSSR count). The number of anilines is 2. The summed E-state index contributed by atoms with van der Waals surface area (Å²) >= 11 is 0. The number of carbonyl (C=O) groups is 1. The normalized spacial score (nSPS) is 11.6. The van der Waals surface area contributed by atoms with Crippen LogP contribution in [0.1, 0.15) is 45.0 Å². The zero-order valence-corrected chi connectivity index (χ0v) is 13.2. The Hall–Kier alpha value is -1.85. The largest absolute Gasteiger partial charge is 0.383 e. The van der Waals surface area contributed by atoms with Gasteiger partial charge >= 0.3 is 0 Å². The van der Waals surface area contributed by atoms with Crippen LogP contribution >= 0.6 is 0 Å². The molecule has 1 aromatic heterocycles. The van der Waals surface area contributed by atoms with Crippen molar-refractivity contribution in [3.63, 3.8) is 0 Å². The predicted molar refractivity (Wildman–Crippen MR) is 81.6 cm³/mol. The van der Waals surface area contributed by atoms with Crippen molar-refractivity contribution < 1.29 is 4.79 Å². The van der Waals surface area contributed by atoms with Gasteiger partial charge in [-0.05, 0) is 20.8 Å². The first kappa shape index (κ1) is 16.2. The summed E-state index contributed by atoms with van der Waals surface area (Å²) in [6.45, 7) is 10.1. The predicted octanol–water partition coefficient (Wildman–Crippen LogP) is 1.67. The second-order valence-electron chi connectivity index (χ2n) is 5.91. The minimum atomic E-state index is -0.529. The van der Waals surface area contributed by atoms with Crippen molar-refractivity contribution in [1.82, 2.24) is 15.3 Å². The van der Waals surface area contributed by atoms with Gasteiger partial charge in [0.25, 0.3) is 0 Å². The molecule has 0 aliphatic rings. The summed E-state index contributed by atoms with van der Waals surface area (Å²) < 4.78 is 0. The molecule has 0 unspecified atom stereocenters. The third-order valence-corrected chi connectivity index (χ3v) is 3.26. The number of nitrogens with zero attached hydrogens (tertiary/aromatic N) is 2. The van der Waals surface area contributed by atoms with E-state index < -0.39 is 5.41 Å². The monoisotopic (exact) mass is 279 g/mol. The van der Waals surface area contributed by atoms with Crippen LogP contribution in [0.2, 0.25) is 0 Å². The van der Waals surface area contributed by atoms with E-state index in [-0.39, 0.29) is 11.8 Å². The molecule has 112 valence electrons. The van der Waals surface area contributed by atoms with Gasteiger partial charge in [-0.2, -0.15) is 0 Å². The zero-order chi connectivity index (χ0) is 15.5. The molecule has 0 atom stereocenters. The van der Waals surface area contributed by atoms with Gasteiger partial charge in [0.2, 0.25) is 5.91 Å². The molecule has 0 aliphatic carbocycles. The fourth-order valence-corrected chi connectivity index (χ4v) is 1.71. The molecule has 6 nitrogen and oxygen atoms in total.